The molecule has 2 aromatic heterocycles. The molecule has 90 valence electrons. The van der Waals surface area contributed by atoms with E-state index in [4.69, 9.17) is 0 Å². The number of hydrogen-bond acceptors (Lipinski definition) is 4. The number of anilines is 1. The van der Waals surface area contributed by atoms with Crippen LogP contribution in [0, 0.1) is 6.92 Å². The number of nitrogens with zero attached hydrogens (tertiary/aromatic N) is 4. The van der Waals surface area contributed by atoms with Crippen LogP contribution in [0.25, 0.3) is 5.52 Å². The van der Waals surface area contributed by atoms with Crippen LogP contribution in [0.2, 0.25) is 0 Å². The quantitative estimate of drug-likeness (QED) is 0.850. The van der Waals surface area contributed by atoms with E-state index in [1.165, 1.54) is 0 Å². The van der Waals surface area contributed by atoms with Gasteiger partial charge in [-0.3, -0.25) is 0 Å². The number of likely N-dealkylation sites (N-methyl/N-ethyl adjacent to an activating group) is 1. The summed E-state index contributed by atoms with van der Waals surface area (Å²) < 4.78 is 1.91. The second-order valence-corrected chi connectivity index (χ2v) is 4.46. The summed E-state index contributed by atoms with van der Waals surface area (Å²) in [5.41, 5.74) is 2.13. The van der Waals surface area contributed by atoms with Gasteiger partial charge in [-0.15, -0.1) is 0 Å². The Balaban J connectivity index is 2.07. The smallest absolute Gasteiger partial charge is 0.155 e. The van der Waals surface area contributed by atoms with E-state index in [1.54, 1.807) is 0 Å². The Kier molecular flexibility index (Phi) is 2.48. The van der Waals surface area contributed by atoms with E-state index in [-0.39, 0.29) is 0 Å². The van der Waals surface area contributed by atoms with Crippen LogP contribution in [0.5, 0.6) is 0 Å². The molecule has 1 fully saturated rings. The third-order valence-electron chi connectivity index (χ3n) is 3.31. The van der Waals surface area contributed by atoms with Crippen LogP contribution < -0.4 is 10.2 Å². The molecule has 2 aromatic rings. The van der Waals surface area contributed by atoms with E-state index in [2.05, 4.69) is 33.3 Å². The molecule has 0 saturated carbocycles. The van der Waals surface area contributed by atoms with Crippen molar-refractivity contribution in [2.75, 3.05) is 24.5 Å². The lowest BCUT2D eigenvalue weighted by Crippen LogP contribution is -2.57. The van der Waals surface area contributed by atoms with E-state index in [1.807, 2.05) is 23.8 Å². The largest absolute Gasteiger partial charge is 0.350 e. The van der Waals surface area contributed by atoms with Crippen molar-refractivity contribution in [1.29, 1.82) is 0 Å². The number of aryl methyl sites for hydroxylation is 1. The maximum absolute atomic E-state index is 4.53. The molecule has 0 amide bonds. The highest BCUT2D eigenvalue weighted by Crippen LogP contribution is 2.22. The lowest BCUT2D eigenvalue weighted by atomic mass is 10.1. The maximum Gasteiger partial charge on any atom is 0.155 e. The molecule has 5 heteroatoms. The molecule has 0 spiro atoms. The zero-order valence-electron chi connectivity index (χ0n) is 10.2. The molecule has 1 aliphatic rings. The van der Waals surface area contributed by atoms with Crippen LogP contribution >= 0.6 is 0 Å². The van der Waals surface area contributed by atoms with E-state index < -0.39 is 0 Å². The summed E-state index contributed by atoms with van der Waals surface area (Å²) in [5.74, 6) is 1.04. The lowest BCUT2D eigenvalue weighted by molar-refractivity contribution is 0.415. The van der Waals surface area contributed by atoms with Crippen LogP contribution in [0.1, 0.15) is 12.6 Å². The summed E-state index contributed by atoms with van der Waals surface area (Å²) in [6, 6.07) is 2.66. The molecular weight excluding hydrogens is 214 g/mol. The van der Waals surface area contributed by atoms with Gasteiger partial charge < -0.3 is 10.2 Å². The van der Waals surface area contributed by atoms with Crippen molar-refractivity contribution in [3.63, 3.8) is 0 Å². The van der Waals surface area contributed by atoms with Gasteiger partial charge >= 0.3 is 0 Å². The van der Waals surface area contributed by atoms with Gasteiger partial charge in [-0.1, -0.05) is 0 Å². The van der Waals surface area contributed by atoms with Crippen LogP contribution in [0.15, 0.2) is 18.5 Å². The highest BCUT2D eigenvalue weighted by molar-refractivity contribution is 5.69. The summed E-state index contributed by atoms with van der Waals surface area (Å²) >= 11 is 0. The Morgan fingerprint density at radius 2 is 2.35 bits per heavy atom. The first kappa shape index (κ1) is 10.5. The topological polar surface area (TPSA) is 45.5 Å². The summed E-state index contributed by atoms with van der Waals surface area (Å²) in [5, 5.41) is 7.74. The SMILES string of the molecule is CCN(c1nccn2nc(C)cc12)C1CNC1. The summed E-state index contributed by atoms with van der Waals surface area (Å²) in [4.78, 5) is 6.89. The van der Waals surface area contributed by atoms with Gasteiger partial charge in [-0.2, -0.15) is 5.10 Å². The molecule has 0 aliphatic carbocycles. The standard InChI is InChI=1S/C12H17N5/c1-3-16(10-7-13-8-10)12-11-6-9(2)15-17(11)5-4-14-12/h4-6,10,13H,3,7-8H2,1-2H3. The van der Waals surface area contributed by atoms with Crippen LogP contribution in [-0.2, 0) is 0 Å². The van der Waals surface area contributed by atoms with Gasteiger partial charge in [0.05, 0.1) is 11.7 Å². The minimum absolute atomic E-state index is 0.564. The average Bonchev–Trinajstić information content (AvgIpc) is 2.63. The molecule has 1 N–H and O–H groups in total. The lowest BCUT2D eigenvalue weighted by Gasteiger charge is -2.38. The van der Waals surface area contributed by atoms with Crippen molar-refractivity contribution in [3.05, 3.63) is 24.2 Å². The minimum Gasteiger partial charge on any atom is -0.350 e. The Bertz CT molecular complexity index is 529. The van der Waals surface area contributed by atoms with E-state index in [0.29, 0.717) is 6.04 Å². The zero-order chi connectivity index (χ0) is 11.8. The van der Waals surface area contributed by atoms with Crippen molar-refractivity contribution in [2.45, 2.75) is 19.9 Å². The zero-order valence-corrected chi connectivity index (χ0v) is 10.2. The number of fused-ring (bicyclic) bond motifs is 1. The monoisotopic (exact) mass is 231 g/mol. The first-order chi connectivity index (χ1) is 8.29. The summed E-state index contributed by atoms with van der Waals surface area (Å²) in [7, 11) is 0. The summed E-state index contributed by atoms with van der Waals surface area (Å²) in [6.07, 6.45) is 3.72. The molecule has 17 heavy (non-hydrogen) atoms. The molecular formula is C12H17N5. The molecule has 5 nitrogen and oxygen atoms in total. The molecule has 0 aromatic carbocycles. The number of nitrogens with one attached hydrogen (secondary N) is 1. The maximum atomic E-state index is 4.53. The van der Waals surface area contributed by atoms with Gasteiger partial charge in [0.1, 0.15) is 5.52 Å². The normalized spacial score (nSPS) is 16.1. The fraction of sp³-hybridized carbons (Fsp3) is 0.500. The van der Waals surface area contributed by atoms with Crippen molar-refractivity contribution in [2.24, 2.45) is 0 Å². The first-order valence-corrected chi connectivity index (χ1v) is 6.08. The Morgan fingerprint density at radius 3 is 3.00 bits per heavy atom. The van der Waals surface area contributed by atoms with E-state index in [0.717, 1.165) is 36.7 Å². The van der Waals surface area contributed by atoms with Gasteiger partial charge in [0, 0.05) is 32.0 Å². The predicted octanol–water partition coefficient (Wildman–Crippen LogP) is 0.836. The molecule has 0 bridgehead atoms. The highest BCUT2D eigenvalue weighted by atomic mass is 15.3. The average molecular weight is 231 g/mol. The molecule has 0 radical (unpaired) electrons. The van der Waals surface area contributed by atoms with Gasteiger partial charge in [-0.05, 0) is 19.9 Å². The van der Waals surface area contributed by atoms with Crippen LogP contribution in [0.4, 0.5) is 5.82 Å². The predicted molar refractivity (Wildman–Crippen MR) is 67.4 cm³/mol. The molecule has 1 saturated heterocycles. The fourth-order valence-corrected chi connectivity index (χ4v) is 2.33. The van der Waals surface area contributed by atoms with Gasteiger partial charge in [0.2, 0.25) is 0 Å². The molecule has 3 heterocycles. The second-order valence-electron chi connectivity index (χ2n) is 4.46. The van der Waals surface area contributed by atoms with Gasteiger partial charge in [0.25, 0.3) is 0 Å². The van der Waals surface area contributed by atoms with Crippen molar-refractivity contribution in [1.82, 2.24) is 19.9 Å². The Hall–Kier alpha value is -1.62. The van der Waals surface area contributed by atoms with Gasteiger partial charge in [0.15, 0.2) is 5.82 Å². The first-order valence-electron chi connectivity index (χ1n) is 6.08. The van der Waals surface area contributed by atoms with Crippen molar-refractivity contribution >= 4 is 11.3 Å². The van der Waals surface area contributed by atoms with Crippen LogP contribution in [-0.4, -0.2) is 40.3 Å². The molecule has 0 unspecified atom stereocenters. The summed E-state index contributed by atoms with van der Waals surface area (Å²) in [6.45, 7) is 7.25. The van der Waals surface area contributed by atoms with Gasteiger partial charge in [-0.25, -0.2) is 9.50 Å². The molecule has 0 atom stereocenters. The third kappa shape index (κ3) is 1.67. The second kappa shape index (κ2) is 4.00. The Labute approximate surface area is 100 Å². The van der Waals surface area contributed by atoms with Crippen molar-refractivity contribution in [3.8, 4) is 0 Å². The molecule has 3 rings (SSSR count). The number of rotatable bonds is 3. The van der Waals surface area contributed by atoms with Crippen molar-refractivity contribution < 1.29 is 0 Å². The fourth-order valence-electron chi connectivity index (χ4n) is 2.33. The van der Waals surface area contributed by atoms with Crippen LogP contribution in [0.3, 0.4) is 0 Å². The number of aromatic nitrogens is 3. The van der Waals surface area contributed by atoms with E-state index >= 15 is 0 Å². The highest BCUT2D eigenvalue weighted by Gasteiger charge is 2.25. The third-order valence-corrected chi connectivity index (χ3v) is 3.31. The number of hydrogen-bond donors (Lipinski definition) is 1. The van der Waals surface area contributed by atoms with E-state index in [9.17, 15) is 0 Å². The molecule has 1 aliphatic heterocycles. The Morgan fingerprint density at radius 1 is 1.53 bits per heavy atom. The minimum atomic E-state index is 0.564.